The van der Waals surface area contributed by atoms with Gasteiger partial charge in [-0.2, -0.15) is 0 Å². The molecule has 0 aromatic heterocycles. The van der Waals surface area contributed by atoms with E-state index in [-0.39, 0.29) is 22.4 Å². The number of anilines is 1. The van der Waals surface area contributed by atoms with Gasteiger partial charge in [0.05, 0.1) is 16.1 Å². The summed E-state index contributed by atoms with van der Waals surface area (Å²) in [5.41, 5.74) is 1.71. The number of hydrogen-bond donors (Lipinski definition) is 1. The van der Waals surface area contributed by atoms with E-state index in [2.05, 4.69) is 5.32 Å². The molecule has 2 aromatic carbocycles. The molecule has 0 radical (unpaired) electrons. The molecule has 0 bridgehead atoms. The Morgan fingerprint density at radius 3 is 2.70 bits per heavy atom. The number of benzene rings is 2. The summed E-state index contributed by atoms with van der Waals surface area (Å²) in [5, 5.41) is 2.75. The minimum Gasteiger partial charge on any atom is -0.452 e. The highest BCUT2D eigenvalue weighted by Crippen LogP contribution is 2.32. The maximum atomic E-state index is 13.1. The van der Waals surface area contributed by atoms with Gasteiger partial charge in [0.15, 0.2) is 6.61 Å². The zero-order chi connectivity index (χ0) is 21.7. The quantitative estimate of drug-likeness (QED) is 0.650. The maximum absolute atomic E-state index is 13.1. The topological polar surface area (TPSA) is 92.8 Å². The normalized spacial score (nSPS) is 14.1. The molecule has 160 valence electrons. The lowest BCUT2D eigenvalue weighted by Crippen LogP contribution is -2.35. The minimum atomic E-state index is -3.82. The number of nitrogens with one attached hydrogen (secondary N) is 1. The number of carbonyl (C=O) groups is 2. The molecule has 1 atom stereocenters. The standard InChI is InChI=1S/C22H26N2O5S/c1-3-7-16(2)23-21(25)15-29-22(26)18-9-6-10-19(14-18)30(27,28)24-13-12-17-8-4-5-11-20(17)24/h4-6,8-11,14,16H,3,7,12-13,15H2,1-2H3,(H,23,25)/t16-/m1/s1. The van der Waals surface area contributed by atoms with E-state index in [1.54, 1.807) is 12.1 Å². The largest absolute Gasteiger partial charge is 0.452 e. The Morgan fingerprint density at radius 1 is 1.17 bits per heavy atom. The average molecular weight is 431 g/mol. The number of amides is 1. The van der Waals surface area contributed by atoms with Crippen molar-refractivity contribution in [3.05, 3.63) is 59.7 Å². The molecule has 2 aromatic rings. The van der Waals surface area contributed by atoms with Gasteiger partial charge in [-0.3, -0.25) is 9.10 Å². The summed E-state index contributed by atoms with van der Waals surface area (Å²) in [6, 6.07) is 13.1. The van der Waals surface area contributed by atoms with Gasteiger partial charge in [0.1, 0.15) is 0 Å². The molecule has 1 aliphatic rings. The number of fused-ring (bicyclic) bond motifs is 1. The number of sulfonamides is 1. The third kappa shape index (κ3) is 4.81. The van der Waals surface area contributed by atoms with Crippen LogP contribution < -0.4 is 9.62 Å². The van der Waals surface area contributed by atoms with E-state index >= 15 is 0 Å². The second-order valence-corrected chi connectivity index (χ2v) is 9.18. The van der Waals surface area contributed by atoms with Crippen LogP contribution >= 0.6 is 0 Å². The number of ether oxygens (including phenoxy) is 1. The van der Waals surface area contributed by atoms with Gasteiger partial charge < -0.3 is 10.1 Å². The molecule has 7 nitrogen and oxygen atoms in total. The maximum Gasteiger partial charge on any atom is 0.338 e. The predicted molar refractivity (Wildman–Crippen MR) is 114 cm³/mol. The zero-order valence-electron chi connectivity index (χ0n) is 17.1. The van der Waals surface area contributed by atoms with Crippen LogP contribution in [-0.4, -0.2) is 39.5 Å². The van der Waals surface area contributed by atoms with Crippen molar-refractivity contribution in [2.75, 3.05) is 17.5 Å². The molecule has 30 heavy (non-hydrogen) atoms. The number of hydrogen-bond acceptors (Lipinski definition) is 5. The van der Waals surface area contributed by atoms with Crippen molar-refractivity contribution in [2.24, 2.45) is 0 Å². The minimum absolute atomic E-state index is 0.00184. The fourth-order valence-corrected chi connectivity index (χ4v) is 5.05. The van der Waals surface area contributed by atoms with E-state index in [4.69, 9.17) is 4.74 Å². The molecule has 1 aliphatic heterocycles. The fourth-order valence-electron chi connectivity index (χ4n) is 3.50. The monoisotopic (exact) mass is 430 g/mol. The number of esters is 1. The fraction of sp³-hybridized carbons (Fsp3) is 0.364. The van der Waals surface area contributed by atoms with Gasteiger partial charge in [-0.05, 0) is 49.6 Å². The van der Waals surface area contributed by atoms with Crippen LogP contribution in [-0.2, 0) is 26.0 Å². The molecule has 1 N–H and O–H groups in total. The smallest absolute Gasteiger partial charge is 0.338 e. The van der Waals surface area contributed by atoms with Crippen LogP contribution in [0.1, 0.15) is 42.6 Å². The van der Waals surface area contributed by atoms with Gasteiger partial charge in [-0.1, -0.05) is 37.6 Å². The van der Waals surface area contributed by atoms with Gasteiger partial charge in [-0.15, -0.1) is 0 Å². The summed E-state index contributed by atoms with van der Waals surface area (Å²) in [6.45, 7) is 3.84. The Balaban J connectivity index is 1.70. The number of nitrogens with zero attached hydrogens (tertiary/aromatic N) is 1. The SMILES string of the molecule is CCC[C@@H](C)NC(=O)COC(=O)c1cccc(S(=O)(=O)N2CCc3ccccc32)c1. The molecule has 0 fully saturated rings. The van der Waals surface area contributed by atoms with Gasteiger partial charge in [-0.25, -0.2) is 13.2 Å². The molecule has 8 heteroatoms. The van der Waals surface area contributed by atoms with E-state index in [0.717, 1.165) is 18.4 Å². The molecule has 3 rings (SSSR count). The van der Waals surface area contributed by atoms with Gasteiger partial charge in [0.25, 0.3) is 15.9 Å². The van der Waals surface area contributed by atoms with Crippen molar-refractivity contribution in [2.45, 2.75) is 44.0 Å². The van der Waals surface area contributed by atoms with Gasteiger partial charge in [0.2, 0.25) is 0 Å². The van der Waals surface area contributed by atoms with Crippen molar-refractivity contribution >= 4 is 27.6 Å². The lowest BCUT2D eigenvalue weighted by Gasteiger charge is -2.19. The predicted octanol–water partition coefficient (Wildman–Crippen LogP) is 2.90. The Kier molecular flexibility index (Phi) is 6.77. The molecule has 0 spiro atoms. The van der Waals surface area contributed by atoms with Crippen molar-refractivity contribution in [1.82, 2.24) is 5.32 Å². The van der Waals surface area contributed by atoms with Crippen molar-refractivity contribution in [3.8, 4) is 0 Å². The first-order chi connectivity index (χ1) is 14.3. The molecular weight excluding hydrogens is 404 g/mol. The lowest BCUT2D eigenvalue weighted by molar-refractivity contribution is -0.124. The van der Waals surface area contributed by atoms with Crippen molar-refractivity contribution < 1.29 is 22.7 Å². The Hall–Kier alpha value is -2.87. The number of para-hydroxylation sites is 1. The summed E-state index contributed by atoms with van der Waals surface area (Å²) >= 11 is 0. The van der Waals surface area contributed by atoms with Gasteiger partial charge in [0, 0.05) is 12.6 Å². The zero-order valence-corrected chi connectivity index (χ0v) is 17.9. The first-order valence-corrected chi connectivity index (χ1v) is 11.4. The molecule has 0 saturated heterocycles. The van der Waals surface area contributed by atoms with Gasteiger partial charge >= 0.3 is 5.97 Å². The van der Waals surface area contributed by atoms with E-state index < -0.39 is 22.6 Å². The molecule has 1 amide bonds. The second-order valence-electron chi connectivity index (χ2n) is 7.32. The van der Waals surface area contributed by atoms with Crippen LogP contribution in [0.15, 0.2) is 53.4 Å². The van der Waals surface area contributed by atoms with Crippen LogP contribution in [0.5, 0.6) is 0 Å². The third-order valence-corrected chi connectivity index (χ3v) is 6.77. The van der Waals surface area contributed by atoms with Crippen molar-refractivity contribution in [3.63, 3.8) is 0 Å². The summed E-state index contributed by atoms with van der Waals surface area (Å²) < 4.78 is 32.7. The van der Waals surface area contributed by atoms with Crippen LogP contribution in [0.25, 0.3) is 0 Å². The molecule has 0 unspecified atom stereocenters. The molecule has 0 saturated carbocycles. The first kappa shape index (κ1) is 21.8. The Bertz CT molecular complexity index is 1040. The van der Waals surface area contributed by atoms with Crippen LogP contribution in [0.3, 0.4) is 0 Å². The van der Waals surface area contributed by atoms with Crippen LogP contribution in [0.4, 0.5) is 5.69 Å². The number of rotatable bonds is 8. The first-order valence-electron chi connectivity index (χ1n) is 10.00. The molecule has 1 heterocycles. The second kappa shape index (κ2) is 9.30. The third-order valence-electron chi connectivity index (χ3n) is 4.97. The number of carbonyl (C=O) groups excluding carboxylic acids is 2. The summed E-state index contributed by atoms with van der Waals surface area (Å²) in [5.74, 6) is -1.13. The average Bonchev–Trinajstić information content (AvgIpc) is 3.17. The summed E-state index contributed by atoms with van der Waals surface area (Å²) in [7, 11) is -3.82. The Morgan fingerprint density at radius 2 is 1.93 bits per heavy atom. The van der Waals surface area contributed by atoms with E-state index in [1.807, 2.05) is 26.0 Å². The highest BCUT2D eigenvalue weighted by molar-refractivity contribution is 7.92. The summed E-state index contributed by atoms with van der Waals surface area (Å²) in [4.78, 5) is 24.2. The van der Waals surface area contributed by atoms with Crippen molar-refractivity contribution in [1.29, 1.82) is 0 Å². The van der Waals surface area contributed by atoms with E-state index in [9.17, 15) is 18.0 Å². The molecular formula is C22H26N2O5S. The van der Waals surface area contributed by atoms with Crippen LogP contribution in [0, 0.1) is 0 Å². The lowest BCUT2D eigenvalue weighted by atomic mass is 10.2. The highest BCUT2D eigenvalue weighted by atomic mass is 32.2. The van der Waals surface area contributed by atoms with E-state index in [1.165, 1.54) is 28.6 Å². The van der Waals surface area contributed by atoms with Crippen LogP contribution in [0.2, 0.25) is 0 Å². The summed E-state index contributed by atoms with van der Waals surface area (Å²) in [6.07, 6.45) is 2.41. The highest BCUT2D eigenvalue weighted by Gasteiger charge is 2.31. The molecule has 0 aliphatic carbocycles. The van der Waals surface area contributed by atoms with E-state index in [0.29, 0.717) is 18.7 Å². The Labute approximate surface area is 177 Å².